The first kappa shape index (κ1) is 16.4. The zero-order valence-corrected chi connectivity index (χ0v) is 13.0. The van der Waals surface area contributed by atoms with Crippen molar-refractivity contribution in [1.29, 1.82) is 0 Å². The van der Waals surface area contributed by atoms with Gasteiger partial charge >= 0.3 is 5.97 Å². The largest absolute Gasteiger partial charge is 0.469 e. The molecule has 0 bridgehead atoms. The molecule has 0 aromatic heterocycles. The van der Waals surface area contributed by atoms with Gasteiger partial charge in [-0.3, -0.25) is 4.79 Å². The second-order valence-corrected chi connectivity index (χ2v) is 7.93. The average Bonchev–Trinajstić information content (AvgIpc) is 3.08. The van der Waals surface area contributed by atoms with E-state index in [0.717, 1.165) is 19.3 Å². The molecule has 2 unspecified atom stereocenters. The molecule has 0 amide bonds. The molecule has 1 aliphatic carbocycles. The van der Waals surface area contributed by atoms with E-state index >= 15 is 0 Å². The number of sulfone groups is 1. The first-order valence-corrected chi connectivity index (χ1v) is 8.47. The van der Waals surface area contributed by atoms with Crippen LogP contribution in [0.1, 0.15) is 39.5 Å². The summed E-state index contributed by atoms with van der Waals surface area (Å²) in [5.41, 5.74) is -0.369. The Balaban J connectivity index is 2.72. The number of carbonyl (C=O) groups excluding carboxylic acids is 1. The molecular weight excluding hydrogens is 266 g/mol. The molecule has 1 aliphatic rings. The quantitative estimate of drug-likeness (QED) is 0.679. The smallest absolute Gasteiger partial charge is 0.306 e. The number of esters is 1. The van der Waals surface area contributed by atoms with Gasteiger partial charge in [0.2, 0.25) is 0 Å². The topological polar surface area (TPSA) is 72.5 Å². The lowest BCUT2D eigenvalue weighted by Gasteiger charge is -2.24. The molecule has 1 saturated carbocycles. The van der Waals surface area contributed by atoms with Crippen LogP contribution < -0.4 is 5.32 Å². The third-order valence-electron chi connectivity index (χ3n) is 4.16. The van der Waals surface area contributed by atoms with Gasteiger partial charge in [0.25, 0.3) is 0 Å². The molecule has 112 valence electrons. The summed E-state index contributed by atoms with van der Waals surface area (Å²) in [5.74, 6) is -0.227. The fourth-order valence-electron chi connectivity index (χ4n) is 2.51. The summed E-state index contributed by atoms with van der Waals surface area (Å²) in [6, 6.07) is -0.0427. The number of methoxy groups -OCH3 is 1. The van der Waals surface area contributed by atoms with Crippen LogP contribution in [0.2, 0.25) is 0 Å². The van der Waals surface area contributed by atoms with Crippen LogP contribution in [0.3, 0.4) is 0 Å². The summed E-state index contributed by atoms with van der Waals surface area (Å²) in [5, 5.41) is 2.61. The summed E-state index contributed by atoms with van der Waals surface area (Å²) < 4.78 is 29.5. The number of nitrogens with one attached hydrogen (secondary N) is 1. The van der Waals surface area contributed by atoms with Crippen molar-refractivity contribution < 1.29 is 17.9 Å². The van der Waals surface area contributed by atoms with Crippen molar-refractivity contribution in [1.82, 2.24) is 5.32 Å². The third-order valence-corrected chi connectivity index (χ3v) is 6.63. The summed E-state index contributed by atoms with van der Waals surface area (Å²) in [6.07, 6.45) is 2.57. The van der Waals surface area contributed by atoms with Crippen LogP contribution >= 0.6 is 0 Å². The van der Waals surface area contributed by atoms with E-state index in [0.29, 0.717) is 0 Å². The number of hydrogen-bond acceptors (Lipinski definition) is 5. The highest BCUT2D eigenvalue weighted by atomic mass is 32.2. The Morgan fingerprint density at radius 3 is 2.37 bits per heavy atom. The zero-order valence-electron chi connectivity index (χ0n) is 12.2. The molecule has 5 nitrogen and oxygen atoms in total. The van der Waals surface area contributed by atoms with Gasteiger partial charge < -0.3 is 10.1 Å². The Morgan fingerprint density at radius 2 is 2.00 bits per heavy atom. The molecule has 1 rings (SSSR count). The highest BCUT2D eigenvalue weighted by Gasteiger charge is 2.49. The lowest BCUT2D eigenvalue weighted by molar-refractivity contribution is -0.141. The van der Waals surface area contributed by atoms with Gasteiger partial charge in [0.15, 0.2) is 9.84 Å². The molecule has 1 N–H and O–H groups in total. The minimum absolute atomic E-state index is 0.0427. The van der Waals surface area contributed by atoms with E-state index in [2.05, 4.69) is 10.1 Å². The molecule has 1 fully saturated rings. The van der Waals surface area contributed by atoms with Gasteiger partial charge in [-0.2, -0.15) is 0 Å². The summed E-state index contributed by atoms with van der Waals surface area (Å²) in [7, 11) is -0.0868. The van der Waals surface area contributed by atoms with Gasteiger partial charge in [-0.05, 0) is 38.6 Å². The van der Waals surface area contributed by atoms with Crippen LogP contribution in [-0.4, -0.2) is 45.6 Å². The number of ether oxygens (including phenoxy) is 1. The molecule has 0 aromatic rings. The Kier molecular flexibility index (Phi) is 5.38. The summed E-state index contributed by atoms with van der Waals surface area (Å²) in [6.45, 7) is 3.71. The van der Waals surface area contributed by atoms with Crippen molar-refractivity contribution in [2.45, 2.75) is 50.8 Å². The molecule has 0 spiro atoms. The van der Waals surface area contributed by atoms with Crippen LogP contribution in [0.4, 0.5) is 0 Å². The standard InChI is InChI=1S/C13H25NO4S/c1-5-11(14-3)10(2)19(16,17)9-13(6-7-13)8-12(15)18-4/h10-11,14H,5-9H2,1-4H3. The fourth-order valence-corrected chi connectivity index (χ4v) is 4.84. The van der Waals surface area contributed by atoms with Gasteiger partial charge in [-0.1, -0.05) is 6.92 Å². The van der Waals surface area contributed by atoms with Gasteiger partial charge in [-0.15, -0.1) is 0 Å². The SMILES string of the molecule is CCC(NC)C(C)S(=O)(=O)CC1(CC(=O)OC)CC1. The maximum atomic E-state index is 12.4. The Hall–Kier alpha value is -0.620. The lowest BCUT2D eigenvalue weighted by Crippen LogP contribution is -2.42. The Bertz CT molecular complexity index is 410. The second-order valence-electron chi connectivity index (χ2n) is 5.57. The molecule has 0 aromatic carbocycles. The van der Waals surface area contributed by atoms with Crippen LogP contribution in [0, 0.1) is 5.41 Å². The predicted molar refractivity (Wildman–Crippen MR) is 74.7 cm³/mol. The minimum Gasteiger partial charge on any atom is -0.469 e. The first-order valence-electron chi connectivity index (χ1n) is 6.76. The van der Waals surface area contributed by atoms with E-state index in [9.17, 15) is 13.2 Å². The normalized spacial score (nSPS) is 20.6. The lowest BCUT2D eigenvalue weighted by atomic mass is 10.1. The molecule has 0 saturated heterocycles. The maximum absolute atomic E-state index is 12.4. The van der Waals surface area contributed by atoms with E-state index in [4.69, 9.17) is 0 Å². The van der Waals surface area contributed by atoms with Gasteiger partial charge in [0.1, 0.15) is 0 Å². The van der Waals surface area contributed by atoms with Crippen molar-refractivity contribution in [2.24, 2.45) is 5.41 Å². The summed E-state index contributed by atoms with van der Waals surface area (Å²) in [4.78, 5) is 11.3. The first-order chi connectivity index (χ1) is 8.80. The number of carbonyl (C=O) groups is 1. The molecule has 0 heterocycles. The third kappa shape index (κ3) is 4.18. The molecule has 0 aliphatic heterocycles. The predicted octanol–water partition coefficient (Wildman–Crippen LogP) is 1.13. The monoisotopic (exact) mass is 291 g/mol. The average molecular weight is 291 g/mol. The fraction of sp³-hybridized carbons (Fsp3) is 0.923. The van der Waals surface area contributed by atoms with Crippen molar-refractivity contribution in [2.75, 3.05) is 19.9 Å². The highest BCUT2D eigenvalue weighted by Crippen LogP contribution is 2.50. The number of hydrogen-bond donors (Lipinski definition) is 1. The van der Waals surface area contributed by atoms with Gasteiger partial charge in [0.05, 0.1) is 24.5 Å². The molecular formula is C13H25NO4S. The molecule has 2 atom stereocenters. The van der Waals surface area contributed by atoms with Crippen molar-refractivity contribution in [3.05, 3.63) is 0 Å². The van der Waals surface area contributed by atoms with Crippen LogP contribution in [0.5, 0.6) is 0 Å². The highest BCUT2D eigenvalue weighted by molar-refractivity contribution is 7.92. The van der Waals surface area contributed by atoms with E-state index in [1.165, 1.54) is 7.11 Å². The Labute approximate surface area is 116 Å². The van der Waals surface area contributed by atoms with Gasteiger partial charge in [0, 0.05) is 6.04 Å². The van der Waals surface area contributed by atoms with E-state index < -0.39 is 15.1 Å². The van der Waals surface area contributed by atoms with E-state index in [-0.39, 0.29) is 29.6 Å². The van der Waals surface area contributed by atoms with Crippen molar-refractivity contribution >= 4 is 15.8 Å². The maximum Gasteiger partial charge on any atom is 0.306 e. The van der Waals surface area contributed by atoms with Gasteiger partial charge in [-0.25, -0.2) is 8.42 Å². The van der Waals surface area contributed by atoms with E-state index in [1.807, 2.05) is 6.92 Å². The molecule has 6 heteroatoms. The summed E-state index contributed by atoms with van der Waals surface area (Å²) >= 11 is 0. The van der Waals surface area contributed by atoms with Crippen LogP contribution in [0.15, 0.2) is 0 Å². The molecule has 0 radical (unpaired) electrons. The second kappa shape index (κ2) is 6.22. The number of rotatable bonds is 8. The zero-order chi connectivity index (χ0) is 14.7. The Morgan fingerprint density at radius 1 is 1.42 bits per heavy atom. The van der Waals surface area contributed by atoms with Crippen molar-refractivity contribution in [3.8, 4) is 0 Å². The molecule has 19 heavy (non-hydrogen) atoms. The van der Waals surface area contributed by atoms with Crippen molar-refractivity contribution in [3.63, 3.8) is 0 Å². The van der Waals surface area contributed by atoms with Crippen LogP contribution in [0.25, 0.3) is 0 Å². The minimum atomic E-state index is -3.20. The van der Waals surface area contributed by atoms with E-state index in [1.54, 1.807) is 14.0 Å². The van der Waals surface area contributed by atoms with Crippen LogP contribution in [-0.2, 0) is 19.4 Å².